The molecular weight excluding hydrogens is 250 g/mol. The van der Waals surface area contributed by atoms with Crippen molar-refractivity contribution >= 4 is 23.3 Å². The molecule has 0 heterocycles. The van der Waals surface area contributed by atoms with Crippen molar-refractivity contribution in [3.63, 3.8) is 0 Å². The lowest BCUT2D eigenvalue weighted by atomic mass is 10.3. The molecule has 0 aliphatic rings. The van der Waals surface area contributed by atoms with Crippen LogP contribution in [0.25, 0.3) is 0 Å². The average molecular weight is 265 g/mol. The number of esters is 2. The largest absolute Gasteiger partial charge is 0.617 e. The van der Waals surface area contributed by atoms with E-state index in [-0.39, 0.29) is 23.6 Å². The van der Waals surface area contributed by atoms with E-state index in [0.29, 0.717) is 0 Å². The lowest BCUT2D eigenvalue weighted by Gasteiger charge is -2.08. The van der Waals surface area contributed by atoms with Crippen molar-refractivity contribution in [1.82, 2.24) is 0 Å². The first-order valence-electron chi connectivity index (χ1n) is 5.85. The van der Waals surface area contributed by atoms with Gasteiger partial charge in [0.25, 0.3) is 0 Å². The standard InChI is InChI=1S/C13H15NO5/c1-3-18-12(15)11(13(16)19-4-2)14(17)10-8-6-5-7-9-10/h5-9H,3-4H2,1-2H3. The fourth-order valence-corrected chi connectivity index (χ4v) is 1.34. The van der Waals surface area contributed by atoms with Crippen LogP contribution in [0.15, 0.2) is 30.3 Å². The van der Waals surface area contributed by atoms with Gasteiger partial charge >= 0.3 is 17.7 Å². The highest BCUT2D eigenvalue weighted by Crippen LogP contribution is 2.10. The third-order valence-corrected chi connectivity index (χ3v) is 2.13. The molecule has 0 radical (unpaired) electrons. The summed E-state index contributed by atoms with van der Waals surface area (Å²) in [6, 6.07) is 7.91. The van der Waals surface area contributed by atoms with Crippen LogP contribution < -0.4 is 0 Å². The Balaban J connectivity index is 3.21. The Hall–Kier alpha value is -2.37. The van der Waals surface area contributed by atoms with Crippen LogP contribution in [-0.2, 0) is 19.1 Å². The highest BCUT2D eigenvalue weighted by atomic mass is 16.6. The summed E-state index contributed by atoms with van der Waals surface area (Å²) in [6.07, 6.45) is 0. The van der Waals surface area contributed by atoms with Gasteiger partial charge in [0.2, 0.25) is 5.69 Å². The predicted molar refractivity (Wildman–Crippen MR) is 68.0 cm³/mol. The molecule has 0 unspecified atom stereocenters. The molecule has 0 aliphatic carbocycles. The maximum Gasteiger partial charge on any atom is 0.413 e. The van der Waals surface area contributed by atoms with E-state index in [1.54, 1.807) is 32.0 Å². The molecular formula is C13H15NO5. The summed E-state index contributed by atoms with van der Waals surface area (Å²) in [5.74, 6) is -2.00. The molecule has 0 fully saturated rings. The van der Waals surface area contributed by atoms with Crippen molar-refractivity contribution < 1.29 is 23.8 Å². The molecule has 102 valence electrons. The summed E-state index contributed by atoms with van der Waals surface area (Å²) >= 11 is 0. The second kappa shape index (κ2) is 7.15. The highest BCUT2D eigenvalue weighted by molar-refractivity contribution is 6.60. The second-order valence-electron chi connectivity index (χ2n) is 3.42. The maximum absolute atomic E-state index is 12.1. The van der Waals surface area contributed by atoms with E-state index in [1.165, 1.54) is 12.1 Å². The number of hydrogen-bond donors (Lipinski definition) is 0. The van der Waals surface area contributed by atoms with Crippen LogP contribution in [0, 0.1) is 5.21 Å². The number of rotatable bonds is 5. The molecule has 0 bridgehead atoms. The summed E-state index contributed by atoms with van der Waals surface area (Å²) < 4.78 is 9.61. The molecule has 0 saturated carbocycles. The topological polar surface area (TPSA) is 78.7 Å². The van der Waals surface area contributed by atoms with Crippen LogP contribution in [0.5, 0.6) is 0 Å². The number of benzene rings is 1. The Bertz CT molecular complexity index is 461. The van der Waals surface area contributed by atoms with Gasteiger partial charge in [-0.2, -0.15) is 4.74 Å². The second-order valence-corrected chi connectivity index (χ2v) is 3.42. The molecule has 6 nitrogen and oxygen atoms in total. The molecule has 1 aromatic carbocycles. The van der Waals surface area contributed by atoms with Gasteiger partial charge in [-0.15, -0.1) is 0 Å². The first kappa shape index (κ1) is 14.7. The molecule has 1 aromatic rings. The SMILES string of the molecule is CCOC(=O)C(C(=O)OCC)=[N+]([O-])c1ccccc1. The summed E-state index contributed by atoms with van der Waals surface area (Å²) in [7, 11) is 0. The van der Waals surface area contributed by atoms with E-state index in [1.807, 2.05) is 0 Å². The fraction of sp³-hybridized carbons (Fsp3) is 0.308. The van der Waals surface area contributed by atoms with Gasteiger partial charge in [0, 0.05) is 12.1 Å². The van der Waals surface area contributed by atoms with Crippen molar-refractivity contribution in [2.75, 3.05) is 13.2 Å². The third-order valence-electron chi connectivity index (χ3n) is 2.13. The van der Waals surface area contributed by atoms with Crippen molar-refractivity contribution in [2.45, 2.75) is 13.8 Å². The number of hydrogen-bond acceptors (Lipinski definition) is 5. The summed E-state index contributed by atoms with van der Waals surface area (Å²) in [5.41, 5.74) is -0.534. The van der Waals surface area contributed by atoms with Crippen molar-refractivity contribution in [3.05, 3.63) is 35.5 Å². The zero-order valence-corrected chi connectivity index (χ0v) is 10.8. The zero-order valence-electron chi connectivity index (χ0n) is 10.8. The first-order valence-corrected chi connectivity index (χ1v) is 5.85. The summed E-state index contributed by atoms with van der Waals surface area (Å²) in [4.78, 5) is 23.3. The minimum atomic E-state index is -1.00. The number of nitrogens with zero attached hydrogens (tertiary/aromatic N) is 1. The minimum absolute atomic E-state index is 0.0599. The molecule has 0 spiro atoms. The van der Waals surface area contributed by atoms with E-state index in [9.17, 15) is 14.8 Å². The predicted octanol–water partition coefficient (Wildman–Crippen LogP) is 1.40. The molecule has 0 saturated heterocycles. The quantitative estimate of drug-likeness (QED) is 0.201. The smallest absolute Gasteiger partial charge is 0.413 e. The Kier molecular flexibility index (Phi) is 5.53. The van der Waals surface area contributed by atoms with Gasteiger partial charge in [-0.25, -0.2) is 9.59 Å². The molecule has 0 aliphatic heterocycles. The molecule has 0 atom stereocenters. The van der Waals surface area contributed by atoms with Crippen LogP contribution in [-0.4, -0.2) is 35.6 Å². The van der Waals surface area contributed by atoms with Gasteiger partial charge in [0.05, 0.1) is 13.2 Å². The van der Waals surface area contributed by atoms with Crippen molar-refractivity contribution in [3.8, 4) is 0 Å². The minimum Gasteiger partial charge on any atom is -0.617 e. The number of carbonyl (C=O) groups excluding carboxylic acids is 2. The van der Waals surface area contributed by atoms with Crippen molar-refractivity contribution in [1.29, 1.82) is 0 Å². The highest BCUT2D eigenvalue weighted by Gasteiger charge is 2.33. The summed E-state index contributed by atoms with van der Waals surface area (Å²) in [6.45, 7) is 3.28. The number of para-hydroxylation sites is 1. The monoisotopic (exact) mass is 265 g/mol. The Morgan fingerprint density at radius 1 is 1.05 bits per heavy atom. The van der Waals surface area contributed by atoms with Crippen LogP contribution in [0.2, 0.25) is 0 Å². The Labute approximate surface area is 110 Å². The van der Waals surface area contributed by atoms with Crippen LogP contribution >= 0.6 is 0 Å². The molecule has 6 heteroatoms. The number of ether oxygens (including phenoxy) is 2. The van der Waals surface area contributed by atoms with E-state index < -0.39 is 17.7 Å². The zero-order chi connectivity index (χ0) is 14.3. The van der Waals surface area contributed by atoms with Gasteiger partial charge in [-0.3, -0.25) is 0 Å². The Morgan fingerprint density at radius 2 is 1.53 bits per heavy atom. The average Bonchev–Trinajstić information content (AvgIpc) is 2.40. The van der Waals surface area contributed by atoms with Gasteiger partial charge < -0.3 is 14.7 Å². The first-order chi connectivity index (χ1) is 9.11. The van der Waals surface area contributed by atoms with Crippen LogP contribution in [0.3, 0.4) is 0 Å². The van der Waals surface area contributed by atoms with E-state index in [2.05, 4.69) is 0 Å². The van der Waals surface area contributed by atoms with Gasteiger partial charge in [0.1, 0.15) is 0 Å². The molecule has 0 aromatic heterocycles. The summed E-state index contributed by atoms with van der Waals surface area (Å²) in [5, 5.41) is 12.1. The molecule has 0 amide bonds. The molecule has 0 N–H and O–H groups in total. The lowest BCUT2D eigenvalue weighted by molar-refractivity contribution is -0.361. The van der Waals surface area contributed by atoms with E-state index >= 15 is 0 Å². The van der Waals surface area contributed by atoms with Crippen molar-refractivity contribution in [2.24, 2.45) is 0 Å². The third kappa shape index (κ3) is 3.80. The van der Waals surface area contributed by atoms with Crippen LogP contribution in [0.4, 0.5) is 5.69 Å². The van der Waals surface area contributed by atoms with Crippen LogP contribution in [0.1, 0.15) is 13.8 Å². The normalized spacial score (nSPS) is 9.58. The van der Waals surface area contributed by atoms with E-state index in [4.69, 9.17) is 9.47 Å². The Morgan fingerprint density at radius 3 is 1.95 bits per heavy atom. The number of carbonyl (C=O) groups is 2. The van der Waals surface area contributed by atoms with Gasteiger partial charge in [0.15, 0.2) is 0 Å². The molecule has 19 heavy (non-hydrogen) atoms. The van der Waals surface area contributed by atoms with Gasteiger partial charge in [-0.05, 0) is 13.8 Å². The fourth-order valence-electron chi connectivity index (χ4n) is 1.34. The van der Waals surface area contributed by atoms with Gasteiger partial charge in [-0.1, -0.05) is 18.2 Å². The molecule has 1 rings (SSSR count). The maximum atomic E-state index is 12.1. The van der Waals surface area contributed by atoms with E-state index in [0.717, 1.165) is 0 Å². The lowest BCUT2D eigenvalue weighted by Crippen LogP contribution is -2.34.